The van der Waals surface area contributed by atoms with E-state index in [-0.39, 0.29) is 27.7 Å². The zero-order chi connectivity index (χ0) is 26.5. The van der Waals surface area contributed by atoms with Gasteiger partial charge < -0.3 is 9.47 Å². The van der Waals surface area contributed by atoms with Gasteiger partial charge in [0.1, 0.15) is 6.54 Å². The smallest absolute Gasteiger partial charge is 0.340 e. The van der Waals surface area contributed by atoms with Crippen molar-refractivity contribution in [1.29, 1.82) is 0 Å². The monoisotopic (exact) mass is 534 g/mol. The molecule has 0 saturated carbocycles. The van der Waals surface area contributed by atoms with Crippen molar-refractivity contribution in [1.82, 2.24) is 8.28 Å². The molecule has 0 fully saturated rings. The Labute approximate surface area is 210 Å². The van der Waals surface area contributed by atoms with Crippen LogP contribution in [-0.4, -0.2) is 57.3 Å². The van der Waals surface area contributed by atoms with Gasteiger partial charge in [-0.2, -0.15) is 4.31 Å². The van der Waals surface area contributed by atoms with Crippen molar-refractivity contribution in [3.8, 4) is 0 Å². The van der Waals surface area contributed by atoms with Gasteiger partial charge in [0.2, 0.25) is 10.0 Å². The molecule has 36 heavy (non-hydrogen) atoms. The van der Waals surface area contributed by atoms with E-state index in [1.807, 2.05) is 0 Å². The summed E-state index contributed by atoms with van der Waals surface area (Å²) in [7, 11) is -7.43. The van der Waals surface area contributed by atoms with Crippen LogP contribution in [0.15, 0.2) is 76.7 Å². The van der Waals surface area contributed by atoms with Crippen molar-refractivity contribution >= 4 is 32.0 Å². The van der Waals surface area contributed by atoms with Gasteiger partial charge >= 0.3 is 11.9 Å². The van der Waals surface area contributed by atoms with E-state index in [1.54, 1.807) is 32.0 Å². The largest absolute Gasteiger partial charge is 0.468 e. The first-order valence-electron chi connectivity index (χ1n) is 10.8. The van der Waals surface area contributed by atoms with Crippen LogP contribution >= 0.6 is 0 Å². The van der Waals surface area contributed by atoms with E-state index in [4.69, 9.17) is 4.74 Å². The zero-order valence-electron chi connectivity index (χ0n) is 19.9. The Bertz CT molecular complexity index is 1450. The molecule has 0 aliphatic rings. The van der Waals surface area contributed by atoms with Gasteiger partial charge in [-0.3, -0.25) is 4.79 Å². The van der Waals surface area contributed by atoms with E-state index in [2.05, 4.69) is 4.74 Å². The van der Waals surface area contributed by atoms with Crippen molar-refractivity contribution in [2.24, 2.45) is 0 Å². The Morgan fingerprint density at radius 1 is 0.917 bits per heavy atom. The van der Waals surface area contributed by atoms with Crippen LogP contribution < -0.4 is 0 Å². The van der Waals surface area contributed by atoms with Crippen LogP contribution in [0.25, 0.3) is 0 Å². The summed E-state index contributed by atoms with van der Waals surface area (Å²) in [6.07, 6.45) is 1.15. The molecule has 3 rings (SSSR count). The standard InChI is InChI=1S/C24H26N2O8S2/c1-4-34-24(28)21-14-15-26(36(31,32)19-8-6-5-7-9-19)22(21)16-25(17-23(27)33-3)35(29,30)20-12-10-18(2)11-13-20/h5-15H,4,16-17H2,1-3H3. The maximum atomic E-state index is 13.5. The third kappa shape index (κ3) is 5.66. The van der Waals surface area contributed by atoms with E-state index >= 15 is 0 Å². The lowest BCUT2D eigenvalue weighted by atomic mass is 10.2. The second-order valence-electron chi connectivity index (χ2n) is 7.67. The molecule has 1 heterocycles. The van der Waals surface area contributed by atoms with E-state index < -0.39 is 45.1 Å². The number of carbonyl (C=O) groups excluding carboxylic acids is 2. The Balaban J connectivity index is 2.18. The number of esters is 2. The molecule has 0 aliphatic carbocycles. The second-order valence-corrected chi connectivity index (χ2v) is 11.4. The molecule has 0 atom stereocenters. The Morgan fingerprint density at radius 2 is 1.56 bits per heavy atom. The van der Waals surface area contributed by atoms with Gasteiger partial charge in [0.05, 0.1) is 41.3 Å². The summed E-state index contributed by atoms with van der Waals surface area (Å²) in [5.74, 6) is -1.70. The number of hydrogen-bond acceptors (Lipinski definition) is 8. The van der Waals surface area contributed by atoms with Crippen LogP contribution in [0.5, 0.6) is 0 Å². The van der Waals surface area contributed by atoms with E-state index in [0.29, 0.717) is 0 Å². The molecule has 0 N–H and O–H groups in total. The fraction of sp³-hybridized carbons (Fsp3) is 0.250. The number of aryl methyl sites for hydroxylation is 1. The van der Waals surface area contributed by atoms with Crippen molar-refractivity contribution < 1.29 is 35.9 Å². The number of benzene rings is 2. The second kappa shape index (κ2) is 11.1. The minimum Gasteiger partial charge on any atom is -0.468 e. The minimum atomic E-state index is -4.31. The average Bonchev–Trinajstić information content (AvgIpc) is 3.29. The van der Waals surface area contributed by atoms with Crippen LogP contribution in [0, 0.1) is 6.92 Å². The maximum Gasteiger partial charge on any atom is 0.340 e. The molecule has 192 valence electrons. The summed E-state index contributed by atoms with van der Waals surface area (Å²) in [5.41, 5.74) is 0.489. The minimum absolute atomic E-state index is 0.0163. The van der Waals surface area contributed by atoms with Gasteiger partial charge in [0, 0.05) is 6.20 Å². The molecule has 0 unspecified atom stereocenters. The highest BCUT2D eigenvalue weighted by Crippen LogP contribution is 2.25. The number of aromatic nitrogens is 1. The van der Waals surface area contributed by atoms with Crippen LogP contribution in [0.1, 0.15) is 28.5 Å². The molecule has 0 bridgehead atoms. The van der Waals surface area contributed by atoms with Crippen molar-refractivity contribution in [3.63, 3.8) is 0 Å². The van der Waals surface area contributed by atoms with Crippen molar-refractivity contribution in [2.45, 2.75) is 30.2 Å². The highest BCUT2D eigenvalue weighted by Gasteiger charge is 2.32. The van der Waals surface area contributed by atoms with Gasteiger partial charge in [0.15, 0.2) is 0 Å². The molecule has 0 radical (unpaired) electrons. The number of nitrogens with zero attached hydrogens (tertiary/aromatic N) is 2. The average molecular weight is 535 g/mol. The SMILES string of the molecule is CCOC(=O)c1ccn(S(=O)(=O)c2ccccc2)c1CN(CC(=O)OC)S(=O)(=O)c1ccc(C)cc1. The number of methoxy groups -OCH3 is 1. The summed E-state index contributed by atoms with van der Waals surface area (Å²) in [6, 6.07) is 14.6. The molecule has 12 heteroatoms. The first kappa shape index (κ1) is 27.1. The van der Waals surface area contributed by atoms with Gasteiger partial charge in [-0.15, -0.1) is 0 Å². The molecule has 0 saturated heterocycles. The van der Waals surface area contributed by atoms with Crippen LogP contribution in [0.2, 0.25) is 0 Å². The van der Waals surface area contributed by atoms with E-state index in [9.17, 15) is 26.4 Å². The molecule has 3 aromatic rings. The molecule has 2 aromatic carbocycles. The Morgan fingerprint density at radius 3 is 2.14 bits per heavy atom. The van der Waals surface area contributed by atoms with E-state index in [1.165, 1.54) is 42.5 Å². The number of hydrogen-bond donors (Lipinski definition) is 0. The summed E-state index contributed by atoms with van der Waals surface area (Å²) >= 11 is 0. The van der Waals surface area contributed by atoms with Crippen LogP contribution in [-0.2, 0) is 40.9 Å². The molecule has 0 amide bonds. The molecule has 10 nitrogen and oxygen atoms in total. The van der Waals surface area contributed by atoms with Gasteiger partial charge in [-0.1, -0.05) is 35.9 Å². The topological polar surface area (TPSA) is 129 Å². The lowest BCUT2D eigenvalue weighted by molar-refractivity contribution is -0.140. The first-order chi connectivity index (χ1) is 17.0. The summed E-state index contributed by atoms with van der Waals surface area (Å²) in [5, 5.41) is 0. The predicted octanol–water partition coefficient (Wildman–Crippen LogP) is 2.57. The lowest BCUT2D eigenvalue weighted by Crippen LogP contribution is -2.37. The zero-order valence-corrected chi connectivity index (χ0v) is 21.6. The van der Waals surface area contributed by atoms with Crippen LogP contribution in [0.4, 0.5) is 0 Å². The molecule has 1 aromatic heterocycles. The highest BCUT2D eigenvalue weighted by molar-refractivity contribution is 7.90. The third-order valence-electron chi connectivity index (χ3n) is 5.27. The molecular formula is C24H26N2O8S2. The predicted molar refractivity (Wildman–Crippen MR) is 130 cm³/mol. The Hall–Kier alpha value is -3.48. The van der Waals surface area contributed by atoms with Gasteiger partial charge in [0.25, 0.3) is 10.0 Å². The number of ether oxygens (including phenoxy) is 2. The quantitative estimate of drug-likeness (QED) is 0.363. The molecule has 0 spiro atoms. The van der Waals surface area contributed by atoms with Crippen molar-refractivity contribution in [3.05, 3.63) is 83.7 Å². The highest BCUT2D eigenvalue weighted by atomic mass is 32.2. The summed E-state index contributed by atoms with van der Waals surface area (Å²) < 4.78 is 65.2. The van der Waals surface area contributed by atoms with E-state index in [0.717, 1.165) is 27.1 Å². The van der Waals surface area contributed by atoms with Gasteiger partial charge in [-0.25, -0.2) is 25.6 Å². The summed E-state index contributed by atoms with van der Waals surface area (Å²) in [4.78, 5) is 24.6. The summed E-state index contributed by atoms with van der Waals surface area (Å²) in [6.45, 7) is 2.04. The fourth-order valence-corrected chi connectivity index (χ4v) is 6.13. The number of sulfonamides is 1. The van der Waals surface area contributed by atoms with Crippen molar-refractivity contribution in [2.75, 3.05) is 20.3 Å². The molecule has 0 aliphatic heterocycles. The Kier molecular flexibility index (Phi) is 8.33. The van der Waals surface area contributed by atoms with Crippen LogP contribution in [0.3, 0.4) is 0 Å². The molecular weight excluding hydrogens is 508 g/mol. The van der Waals surface area contributed by atoms with Gasteiger partial charge in [-0.05, 0) is 44.2 Å². The fourth-order valence-electron chi connectivity index (χ4n) is 3.39. The normalized spacial score (nSPS) is 11.9. The first-order valence-corrected chi connectivity index (χ1v) is 13.7. The lowest BCUT2D eigenvalue weighted by Gasteiger charge is -2.23. The maximum absolute atomic E-state index is 13.5. The number of rotatable bonds is 10. The number of carbonyl (C=O) groups is 2. The third-order valence-corrected chi connectivity index (χ3v) is 8.80.